The van der Waals surface area contributed by atoms with Gasteiger partial charge in [0, 0.05) is 56.3 Å². The number of nitrogens with zero attached hydrogens (tertiary/aromatic N) is 2. The van der Waals surface area contributed by atoms with Gasteiger partial charge in [0.2, 0.25) is 0 Å². The summed E-state index contributed by atoms with van der Waals surface area (Å²) in [6, 6.07) is 5.77. The Bertz CT molecular complexity index is 880. The van der Waals surface area contributed by atoms with Crippen LogP contribution in [0.25, 0.3) is 10.9 Å². The third-order valence-corrected chi connectivity index (χ3v) is 5.02. The molecule has 0 radical (unpaired) electrons. The van der Waals surface area contributed by atoms with Gasteiger partial charge >= 0.3 is 6.61 Å². The molecular formula is C23H33F2N3O4. The van der Waals surface area contributed by atoms with Gasteiger partial charge in [-0.05, 0) is 32.4 Å². The van der Waals surface area contributed by atoms with E-state index in [9.17, 15) is 13.6 Å². The second-order valence-corrected chi connectivity index (χ2v) is 7.74. The summed E-state index contributed by atoms with van der Waals surface area (Å²) in [5.41, 5.74) is 6.45. The standard InChI is InChI=1S/C23H33F2N3O4/c1-5-7-16(14-26)28(15(2)3)22(29)20-13-21(31-11-6-10-30-4)18-9-8-17(32-23(24)25)12-19(18)27-20/h8-9,12-13,15-16,23H,5-7,10-11,14,26H2,1-4H3/t16-/m1/s1. The Balaban J connectivity index is 2.50. The molecule has 9 heteroatoms. The van der Waals surface area contributed by atoms with E-state index in [2.05, 4.69) is 9.72 Å². The Hall–Kier alpha value is -2.52. The highest BCUT2D eigenvalue weighted by atomic mass is 19.3. The zero-order valence-electron chi connectivity index (χ0n) is 19.1. The molecule has 32 heavy (non-hydrogen) atoms. The second kappa shape index (κ2) is 12.5. The molecule has 0 aliphatic rings. The first-order valence-corrected chi connectivity index (χ1v) is 10.9. The van der Waals surface area contributed by atoms with Crippen molar-refractivity contribution in [2.45, 2.75) is 58.7 Å². The minimum Gasteiger partial charge on any atom is -0.493 e. The van der Waals surface area contributed by atoms with Crippen molar-refractivity contribution in [2.24, 2.45) is 5.73 Å². The smallest absolute Gasteiger partial charge is 0.387 e. The van der Waals surface area contributed by atoms with Crippen molar-refractivity contribution in [3.8, 4) is 11.5 Å². The molecule has 2 aromatic rings. The first-order chi connectivity index (χ1) is 15.3. The zero-order valence-corrected chi connectivity index (χ0v) is 19.1. The van der Waals surface area contributed by atoms with Gasteiger partial charge in [0.15, 0.2) is 0 Å². The summed E-state index contributed by atoms with van der Waals surface area (Å²) in [7, 11) is 1.60. The van der Waals surface area contributed by atoms with Gasteiger partial charge < -0.3 is 24.8 Å². The van der Waals surface area contributed by atoms with Crippen molar-refractivity contribution in [1.82, 2.24) is 9.88 Å². The van der Waals surface area contributed by atoms with E-state index < -0.39 is 6.61 Å². The summed E-state index contributed by atoms with van der Waals surface area (Å²) in [5.74, 6) is 0.121. The second-order valence-electron chi connectivity index (χ2n) is 7.74. The minimum atomic E-state index is -2.96. The molecule has 2 N–H and O–H groups in total. The van der Waals surface area contributed by atoms with Crippen LogP contribution in [0, 0.1) is 0 Å². The fourth-order valence-corrected chi connectivity index (χ4v) is 3.62. The van der Waals surface area contributed by atoms with Crippen LogP contribution >= 0.6 is 0 Å². The first kappa shape index (κ1) is 25.7. The number of amides is 1. The number of nitrogens with two attached hydrogens (primary N) is 1. The summed E-state index contributed by atoms with van der Waals surface area (Å²) >= 11 is 0. The molecule has 0 aliphatic carbocycles. The molecule has 2 rings (SSSR count). The van der Waals surface area contributed by atoms with Crippen LogP contribution in [0.4, 0.5) is 8.78 Å². The van der Waals surface area contributed by atoms with Crippen molar-refractivity contribution < 1.29 is 27.8 Å². The maximum atomic E-state index is 13.5. The predicted molar refractivity (Wildman–Crippen MR) is 119 cm³/mol. The number of methoxy groups -OCH3 is 1. The molecule has 1 amide bonds. The lowest BCUT2D eigenvalue weighted by molar-refractivity contribution is -0.0497. The van der Waals surface area contributed by atoms with Gasteiger partial charge in [-0.3, -0.25) is 4.79 Å². The lowest BCUT2D eigenvalue weighted by Crippen LogP contribution is -2.48. The maximum absolute atomic E-state index is 13.5. The number of ether oxygens (including phenoxy) is 3. The van der Waals surface area contributed by atoms with Crippen LogP contribution in [0.5, 0.6) is 11.5 Å². The van der Waals surface area contributed by atoms with E-state index in [0.29, 0.717) is 42.8 Å². The Morgan fingerprint density at radius 3 is 2.56 bits per heavy atom. The molecule has 7 nitrogen and oxygen atoms in total. The monoisotopic (exact) mass is 453 g/mol. The number of alkyl halides is 2. The van der Waals surface area contributed by atoms with Crippen LogP contribution in [0.15, 0.2) is 24.3 Å². The number of hydrogen-bond donors (Lipinski definition) is 1. The number of aromatic nitrogens is 1. The average molecular weight is 454 g/mol. The third-order valence-electron chi connectivity index (χ3n) is 5.02. The van der Waals surface area contributed by atoms with E-state index >= 15 is 0 Å². The Morgan fingerprint density at radius 1 is 1.22 bits per heavy atom. The van der Waals surface area contributed by atoms with Crippen LogP contribution in [-0.4, -0.2) is 61.4 Å². The van der Waals surface area contributed by atoms with Crippen LogP contribution in [0.2, 0.25) is 0 Å². The number of halogens is 2. The number of hydrogen-bond acceptors (Lipinski definition) is 6. The van der Waals surface area contributed by atoms with Gasteiger partial charge in [-0.25, -0.2) is 4.98 Å². The number of carbonyl (C=O) groups excluding carboxylic acids is 1. The van der Waals surface area contributed by atoms with Gasteiger partial charge in [-0.2, -0.15) is 8.78 Å². The molecule has 1 atom stereocenters. The highest BCUT2D eigenvalue weighted by molar-refractivity contribution is 5.97. The molecule has 0 spiro atoms. The molecule has 0 saturated heterocycles. The van der Waals surface area contributed by atoms with Gasteiger partial charge in [-0.1, -0.05) is 13.3 Å². The summed E-state index contributed by atoms with van der Waals surface area (Å²) in [6.45, 7) is 4.15. The highest BCUT2D eigenvalue weighted by Crippen LogP contribution is 2.30. The van der Waals surface area contributed by atoms with E-state index in [0.717, 1.165) is 12.8 Å². The molecule has 0 saturated carbocycles. The normalized spacial score (nSPS) is 12.4. The van der Waals surface area contributed by atoms with Crippen LogP contribution in [-0.2, 0) is 4.74 Å². The zero-order chi connectivity index (χ0) is 23.7. The van der Waals surface area contributed by atoms with Crippen molar-refractivity contribution >= 4 is 16.8 Å². The number of benzene rings is 1. The van der Waals surface area contributed by atoms with Crippen LogP contribution < -0.4 is 15.2 Å². The molecule has 1 heterocycles. The SMILES string of the molecule is CCC[C@H](CN)N(C(=O)c1cc(OCCCOC)c2ccc(OC(F)F)cc2n1)C(C)C. The fraction of sp³-hybridized carbons (Fsp3) is 0.565. The van der Waals surface area contributed by atoms with Gasteiger partial charge in [0.05, 0.1) is 12.1 Å². The van der Waals surface area contributed by atoms with Crippen molar-refractivity contribution in [2.75, 3.05) is 26.9 Å². The molecule has 0 aliphatic heterocycles. The average Bonchev–Trinajstić information content (AvgIpc) is 2.75. The third kappa shape index (κ3) is 6.74. The Morgan fingerprint density at radius 2 is 1.97 bits per heavy atom. The van der Waals surface area contributed by atoms with E-state index in [1.54, 1.807) is 24.1 Å². The molecule has 1 aromatic carbocycles. The molecule has 0 fully saturated rings. The van der Waals surface area contributed by atoms with Gasteiger partial charge in [-0.15, -0.1) is 0 Å². The van der Waals surface area contributed by atoms with Crippen LogP contribution in [0.3, 0.4) is 0 Å². The van der Waals surface area contributed by atoms with Crippen molar-refractivity contribution in [1.29, 1.82) is 0 Å². The predicted octanol–water partition coefficient (Wildman–Crippen LogP) is 4.23. The van der Waals surface area contributed by atoms with E-state index in [-0.39, 0.29) is 29.4 Å². The lowest BCUT2D eigenvalue weighted by atomic mass is 10.1. The van der Waals surface area contributed by atoms with E-state index in [1.165, 1.54) is 12.1 Å². The number of rotatable bonds is 13. The first-order valence-electron chi connectivity index (χ1n) is 10.9. The summed E-state index contributed by atoms with van der Waals surface area (Å²) in [5, 5.41) is 0.598. The van der Waals surface area contributed by atoms with Gasteiger partial charge in [0.1, 0.15) is 17.2 Å². The summed E-state index contributed by atoms with van der Waals surface area (Å²) in [4.78, 5) is 19.7. The minimum absolute atomic E-state index is 0.0403. The lowest BCUT2D eigenvalue weighted by Gasteiger charge is -2.34. The number of carbonyl (C=O) groups is 1. The number of fused-ring (bicyclic) bond motifs is 1. The molecular weight excluding hydrogens is 420 g/mol. The molecule has 178 valence electrons. The quantitative estimate of drug-likeness (QED) is 0.457. The summed E-state index contributed by atoms with van der Waals surface area (Å²) < 4.78 is 40.8. The Kier molecular flexibility index (Phi) is 10.1. The van der Waals surface area contributed by atoms with Crippen molar-refractivity contribution in [3.05, 3.63) is 30.0 Å². The Labute approximate surface area is 187 Å². The van der Waals surface area contributed by atoms with Crippen LogP contribution in [0.1, 0.15) is 50.5 Å². The molecule has 0 unspecified atom stereocenters. The van der Waals surface area contributed by atoms with Gasteiger partial charge in [0.25, 0.3) is 5.91 Å². The fourth-order valence-electron chi connectivity index (χ4n) is 3.62. The largest absolute Gasteiger partial charge is 0.493 e. The topological polar surface area (TPSA) is 86.9 Å². The summed E-state index contributed by atoms with van der Waals surface area (Å²) in [6.07, 6.45) is 2.30. The molecule has 0 bridgehead atoms. The maximum Gasteiger partial charge on any atom is 0.387 e. The molecule has 1 aromatic heterocycles. The highest BCUT2D eigenvalue weighted by Gasteiger charge is 2.27. The van der Waals surface area contributed by atoms with Crippen molar-refractivity contribution in [3.63, 3.8) is 0 Å². The number of pyridine rings is 1. The van der Waals surface area contributed by atoms with E-state index in [1.807, 2.05) is 20.8 Å². The van der Waals surface area contributed by atoms with E-state index in [4.69, 9.17) is 15.2 Å².